The van der Waals surface area contributed by atoms with Crippen molar-refractivity contribution in [1.29, 1.82) is 0 Å². The van der Waals surface area contributed by atoms with Gasteiger partial charge in [0, 0.05) is 50.3 Å². The zero-order valence-electron chi connectivity index (χ0n) is 30.0. The molecule has 0 atom stereocenters. The molecule has 0 bridgehead atoms. The predicted octanol–water partition coefficient (Wildman–Crippen LogP) is 14.6. The number of fused-ring (bicyclic) bond motifs is 3. The Hall–Kier alpha value is -7.36. The van der Waals surface area contributed by atoms with Crippen molar-refractivity contribution < 1.29 is 0 Å². The van der Waals surface area contributed by atoms with E-state index in [9.17, 15) is 0 Å². The summed E-state index contributed by atoms with van der Waals surface area (Å²) < 4.78 is 2.54. The first kappa shape index (κ1) is 31.2. The van der Waals surface area contributed by atoms with Crippen molar-refractivity contribution in [2.24, 2.45) is 0 Å². The molecule has 0 fully saturated rings. The van der Waals surface area contributed by atoms with Crippen LogP contribution in [0.5, 0.6) is 0 Å². The molecule has 1 aromatic heterocycles. The molecule has 3 heteroatoms. The first-order valence-electron chi connectivity index (χ1n) is 18.9. The summed E-state index contributed by atoms with van der Waals surface area (Å²) in [6, 6.07) is 77.0. The number of para-hydroxylation sites is 4. The van der Waals surface area contributed by atoms with Crippen LogP contribution in [0.2, 0.25) is 0 Å². The van der Waals surface area contributed by atoms with Gasteiger partial charge in [0.2, 0.25) is 0 Å². The standard InChI is InChI=1S/C52H35N3/c1-5-18-39(19-6-1)53(40-20-7-2-8-21-40)43-31-37-29-30-38-32-44(54(41-22-9-3-10-23-41)42-24-11-4-12-25-42)35-50-52(38)51(37)49(34-43)55(50)48-33-36-17-13-14-26-45(36)46-27-15-16-28-47(46)48/h1-35H. The number of hydrogen-bond donors (Lipinski definition) is 0. The molecule has 0 spiro atoms. The fourth-order valence-electron chi connectivity index (χ4n) is 8.68. The van der Waals surface area contributed by atoms with Gasteiger partial charge in [-0.3, -0.25) is 0 Å². The van der Waals surface area contributed by atoms with Crippen molar-refractivity contribution in [1.82, 2.24) is 4.57 Å². The van der Waals surface area contributed by atoms with Crippen LogP contribution in [0.1, 0.15) is 0 Å². The normalized spacial score (nSPS) is 11.6. The van der Waals surface area contributed by atoms with E-state index in [0.29, 0.717) is 0 Å². The van der Waals surface area contributed by atoms with Gasteiger partial charge in [0.1, 0.15) is 0 Å². The minimum atomic E-state index is 1.11. The quantitative estimate of drug-likeness (QED) is 0.153. The first-order valence-corrected chi connectivity index (χ1v) is 18.9. The lowest BCUT2D eigenvalue weighted by Gasteiger charge is -2.26. The summed E-state index contributed by atoms with van der Waals surface area (Å²) in [4.78, 5) is 4.75. The van der Waals surface area contributed by atoms with Crippen LogP contribution in [0, 0.1) is 0 Å². The number of benzene rings is 10. The van der Waals surface area contributed by atoms with E-state index >= 15 is 0 Å². The molecule has 0 aliphatic heterocycles. The summed E-state index contributed by atoms with van der Waals surface area (Å²) in [6.07, 6.45) is 0. The maximum absolute atomic E-state index is 2.54. The van der Waals surface area contributed by atoms with Crippen molar-refractivity contribution in [2.45, 2.75) is 0 Å². The van der Waals surface area contributed by atoms with Crippen LogP contribution in [0.15, 0.2) is 212 Å². The molecule has 258 valence electrons. The number of rotatable bonds is 7. The molecule has 0 amide bonds. The summed E-state index contributed by atoms with van der Waals surface area (Å²) in [5.41, 5.74) is 10.2. The van der Waals surface area contributed by atoms with Crippen LogP contribution in [0.3, 0.4) is 0 Å². The average molecular weight is 702 g/mol. The molecule has 0 saturated heterocycles. The van der Waals surface area contributed by atoms with Crippen LogP contribution >= 0.6 is 0 Å². The Bertz CT molecular complexity index is 2900. The van der Waals surface area contributed by atoms with E-state index in [1.807, 2.05) is 0 Å². The highest BCUT2D eigenvalue weighted by atomic mass is 15.2. The lowest BCUT2D eigenvalue weighted by atomic mass is 10.00. The van der Waals surface area contributed by atoms with Gasteiger partial charge in [-0.15, -0.1) is 0 Å². The summed E-state index contributed by atoms with van der Waals surface area (Å²) in [5.74, 6) is 0. The van der Waals surface area contributed by atoms with Crippen LogP contribution in [0.25, 0.3) is 59.8 Å². The maximum Gasteiger partial charge on any atom is 0.0568 e. The summed E-state index contributed by atoms with van der Waals surface area (Å²) >= 11 is 0. The number of nitrogens with zero attached hydrogens (tertiary/aromatic N) is 3. The minimum absolute atomic E-state index is 1.11. The number of anilines is 6. The van der Waals surface area contributed by atoms with Crippen molar-refractivity contribution in [2.75, 3.05) is 9.80 Å². The van der Waals surface area contributed by atoms with Crippen LogP contribution < -0.4 is 9.80 Å². The van der Waals surface area contributed by atoms with Gasteiger partial charge >= 0.3 is 0 Å². The number of hydrogen-bond acceptors (Lipinski definition) is 2. The molecule has 11 aromatic rings. The summed E-state index contributed by atoms with van der Waals surface area (Å²) in [7, 11) is 0. The molecule has 0 unspecified atom stereocenters. The SMILES string of the molecule is c1ccc(N(c2ccccc2)c2cc3ccc4cc(N(c5ccccc5)c5ccccc5)cc5c4c3c(c2)n5-c2cc3ccccc3c3ccccc23)cc1. The molecule has 11 rings (SSSR count). The fraction of sp³-hybridized carbons (Fsp3) is 0. The van der Waals surface area contributed by atoms with Crippen LogP contribution in [-0.2, 0) is 0 Å². The second-order valence-electron chi connectivity index (χ2n) is 14.2. The average Bonchev–Trinajstić information content (AvgIpc) is 3.58. The largest absolute Gasteiger partial charge is 0.310 e. The molecule has 1 heterocycles. The minimum Gasteiger partial charge on any atom is -0.310 e. The van der Waals surface area contributed by atoms with E-state index < -0.39 is 0 Å². The third-order valence-electron chi connectivity index (χ3n) is 11.0. The van der Waals surface area contributed by atoms with Crippen molar-refractivity contribution in [3.63, 3.8) is 0 Å². The van der Waals surface area contributed by atoms with E-state index in [1.165, 1.54) is 59.8 Å². The highest BCUT2D eigenvalue weighted by Gasteiger charge is 2.24. The Balaban J connectivity index is 1.28. The monoisotopic (exact) mass is 701 g/mol. The van der Waals surface area contributed by atoms with Gasteiger partial charge in [0.05, 0.1) is 16.7 Å². The zero-order chi connectivity index (χ0) is 36.3. The molecular formula is C52H35N3. The smallest absolute Gasteiger partial charge is 0.0568 e. The van der Waals surface area contributed by atoms with Gasteiger partial charge in [-0.2, -0.15) is 0 Å². The van der Waals surface area contributed by atoms with Gasteiger partial charge in [-0.05, 0) is 106 Å². The van der Waals surface area contributed by atoms with E-state index in [1.54, 1.807) is 0 Å². The molecule has 0 radical (unpaired) electrons. The highest BCUT2D eigenvalue weighted by Crippen LogP contribution is 2.47. The molecule has 0 aliphatic rings. The van der Waals surface area contributed by atoms with Crippen molar-refractivity contribution in [3.8, 4) is 5.69 Å². The van der Waals surface area contributed by atoms with Gasteiger partial charge in [0.25, 0.3) is 0 Å². The number of aromatic nitrogens is 1. The third kappa shape index (κ3) is 5.05. The first-order chi connectivity index (χ1) is 27.3. The third-order valence-corrected chi connectivity index (χ3v) is 11.0. The Morgan fingerprint density at radius 2 is 0.655 bits per heavy atom. The van der Waals surface area contributed by atoms with E-state index in [0.717, 1.165) is 34.1 Å². The Morgan fingerprint density at radius 3 is 1.11 bits per heavy atom. The Morgan fingerprint density at radius 1 is 0.273 bits per heavy atom. The zero-order valence-corrected chi connectivity index (χ0v) is 30.0. The van der Waals surface area contributed by atoms with Gasteiger partial charge in [0.15, 0.2) is 0 Å². The van der Waals surface area contributed by atoms with Gasteiger partial charge in [-0.1, -0.05) is 133 Å². The second-order valence-corrected chi connectivity index (χ2v) is 14.2. The topological polar surface area (TPSA) is 11.4 Å². The molecular weight excluding hydrogens is 667 g/mol. The highest BCUT2D eigenvalue weighted by molar-refractivity contribution is 6.27. The maximum atomic E-state index is 2.54. The van der Waals surface area contributed by atoms with Crippen LogP contribution in [-0.4, -0.2) is 4.57 Å². The molecule has 0 aliphatic carbocycles. The molecule has 10 aromatic carbocycles. The van der Waals surface area contributed by atoms with Crippen molar-refractivity contribution in [3.05, 3.63) is 212 Å². The van der Waals surface area contributed by atoms with Gasteiger partial charge in [-0.25, -0.2) is 0 Å². The molecule has 3 nitrogen and oxygen atoms in total. The molecule has 0 saturated carbocycles. The second kappa shape index (κ2) is 12.6. The van der Waals surface area contributed by atoms with E-state index in [2.05, 4.69) is 227 Å². The Labute approximate surface area is 319 Å². The van der Waals surface area contributed by atoms with E-state index in [4.69, 9.17) is 0 Å². The van der Waals surface area contributed by atoms with E-state index in [-0.39, 0.29) is 0 Å². The molecule has 0 N–H and O–H groups in total. The van der Waals surface area contributed by atoms with Crippen molar-refractivity contribution >= 4 is 88.2 Å². The molecule has 55 heavy (non-hydrogen) atoms. The van der Waals surface area contributed by atoms with Crippen LogP contribution in [0.4, 0.5) is 34.1 Å². The summed E-state index contributed by atoms with van der Waals surface area (Å²) in [5, 5.41) is 9.91. The lowest BCUT2D eigenvalue weighted by molar-refractivity contribution is 1.19. The lowest BCUT2D eigenvalue weighted by Crippen LogP contribution is -2.10. The summed E-state index contributed by atoms with van der Waals surface area (Å²) in [6.45, 7) is 0. The fourth-order valence-corrected chi connectivity index (χ4v) is 8.68. The predicted molar refractivity (Wildman–Crippen MR) is 234 cm³/mol. The van der Waals surface area contributed by atoms with Gasteiger partial charge < -0.3 is 14.4 Å². The Kier molecular flexibility index (Phi) is 7.17.